The summed E-state index contributed by atoms with van der Waals surface area (Å²) in [4.78, 5) is 14.6. The predicted molar refractivity (Wildman–Crippen MR) is 94.5 cm³/mol. The minimum Gasteiger partial charge on any atom is -0.379 e. The van der Waals surface area contributed by atoms with Gasteiger partial charge in [-0.2, -0.15) is 13.2 Å². The van der Waals surface area contributed by atoms with Gasteiger partial charge in [0.1, 0.15) is 0 Å². The first-order chi connectivity index (χ1) is 12.3. The molecule has 1 aliphatic heterocycles. The average Bonchev–Trinajstić information content (AvgIpc) is 2.62. The normalized spacial score (nSPS) is 16.3. The number of rotatable bonds is 4. The highest BCUT2D eigenvalue weighted by atomic mass is 19.4. The van der Waals surface area contributed by atoms with Crippen LogP contribution in [-0.2, 0) is 30.8 Å². The molecule has 26 heavy (non-hydrogen) atoms. The summed E-state index contributed by atoms with van der Waals surface area (Å²) in [6.07, 6.45) is -3.84. The third kappa shape index (κ3) is 3.64. The molecule has 0 atom stereocenters. The van der Waals surface area contributed by atoms with Gasteiger partial charge in [-0.25, -0.2) is 0 Å². The van der Waals surface area contributed by atoms with Gasteiger partial charge in [0.25, 0.3) is 5.56 Å². The van der Waals surface area contributed by atoms with Crippen molar-refractivity contribution in [1.29, 1.82) is 0 Å². The molecule has 0 amide bonds. The second-order valence-electron chi connectivity index (χ2n) is 6.62. The van der Waals surface area contributed by atoms with E-state index in [9.17, 15) is 18.0 Å². The second-order valence-corrected chi connectivity index (χ2v) is 6.62. The molecule has 3 rings (SSSR count). The molecule has 7 heteroatoms. The van der Waals surface area contributed by atoms with Crippen LogP contribution in [-0.4, -0.2) is 42.3 Å². The highest BCUT2D eigenvalue weighted by molar-refractivity contribution is 5.85. The number of alkyl halides is 3. The fraction of sp³-hybridized carbons (Fsp3) is 0.526. The summed E-state index contributed by atoms with van der Waals surface area (Å²) in [5.41, 5.74) is -0.373. The SMILES string of the molecule is CCc1c(C(F)(F)F)c2cc(CCN3CCOCC3)ccc2n(C)c1=O. The van der Waals surface area contributed by atoms with Crippen molar-refractivity contribution in [3.8, 4) is 0 Å². The number of morpholine rings is 1. The molecular weight excluding hydrogens is 345 g/mol. The van der Waals surface area contributed by atoms with Gasteiger partial charge in [0.15, 0.2) is 0 Å². The van der Waals surface area contributed by atoms with E-state index in [-0.39, 0.29) is 17.4 Å². The third-order valence-electron chi connectivity index (χ3n) is 5.01. The molecule has 0 radical (unpaired) electrons. The number of aryl methyl sites for hydroxylation is 1. The minimum absolute atomic E-state index is 0.0511. The molecule has 2 aromatic rings. The number of ether oxygens (including phenoxy) is 1. The predicted octanol–water partition coefficient (Wildman–Crippen LogP) is 2.99. The molecule has 142 valence electrons. The number of pyridine rings is 1. The van der Waals surface area contributed by atoms with Crippen LogP contribution < -0.4 is 5.56 Å². The van der Waals surface area contributed by atoms with E-state index in [1.807, 2.05) is 6.07 Å². The molecule has 1 aromatic carbocycles. The van der Waals surface area contributed by atoms with E-state index in [1.165, 1.54) is 11.6 Å². The Kier molecular flexibility index (Phi) is 5.39. The van der Waals surface area contributed by atoms with Crippen molar-refractivity contribution in [3.63, 3.8) is 0 Å². The van der Waals surface area contributed by atoms with Gasteiger partial charge < -0.3 is 9.30 Å². The molecule has 2 heterocycles. The Bertz CT molecular complexity index is 852. The van der Waals surface area contributed by atoms with Crippen LogP contribution in [0.1, 0.15) is 23.6 Å². The monoisotopic (exact) mass is 368 g/mol. The van der Waals surface area contributed by atoms with Crippen LogP contribution in [0, 0.1) is 0 Å². The molecule has 1 aliphatic rings. The lowest BCUT2D eigenvalue weighted by Gasteiger charge is -2.26. The van der Waals surface area contributed by atoms with Crippen LogP contribution in [0.4, 0.5) is 13.2 Å². The van der Waals surface area contributed by atoms with Crippen LogP contribution in [0.25, 0.3) is 10.9 Å². The summed E-state index contributed by atoms with van der Waals surface area (Å²) in [7, 11) is 1.53. The number of fused-ring (bicyclic) bond motifs is 1. The molecule has 0 N–H and O–H groups in total. The highest BCUT2D eigenvalue weighted by Crippen LogP contribution is 2.36. The van der Waals surface area contributed by atoms with Crippen molar-refractivity contribution in [2.24, 2.45) is 7.05 Å². The number of benzene rings is 1. The van der Waals surface area contributed by atoms with Crippen molar-refractivity contribution in [2.75, 3.05) is 32.8 Å². The van der Waals surface area contributed by atoms with Gasteiger partial charge in [-0.15, -0.1) is 0 Å². The standard InChI is InChI=1S/C19H23F3N2O2/c1-3-14-17(19(20,21)22)15-12-13(4-5-16(15)23(2)18(14)25)6-7-24-8-10-26-11-9-24/h4-5,12H,3,6-11H2,1-2H3. The van der Waals surface area contributed by atoms with E-state index in [1.54, 1.807) is 19.1 Å². The van der Waals surface area contributed by atoms with Crippen molar-refractivity contribution in [2.45, 2.75) is 25.9 Å². The topological polar surface area (TPSA) is 34.5 Å². The molecule has 0 spiro atoms. The Labute approximate surface area is 150 Å². The molecule has 0 saturated carbocycles. The fourth-order valence-corrected chi connectivity index (χ4v) is 3.58. The lowest BCUT2D eigenvalue weighted by Crippen LogP contribution is -2.37. The van der Waals surface area contributed by atoms with Gasteiger partial charge in [-0.3, -0.25) is 9.69 Å². The first-order valence-corrected chi connectivity index (χ1v) is 8.84. The van der Waals surface area contributed by atoms with Crippen molar-refractivity contribution in [1.82, 2.24) is 9.47 Å². The summed E-state index contributed by atoms with van der Waals surface area (Å²) in [5, 5.41) is 0.107. The van der Waals surface area contributed by atoms with Crippen molar-refractivity contribution in [3.05, 3.63) is 45.2 Å². The summed E-state index contributed by atoms with van der Waals surface area (Å²) < 4.78 is 47.8. The van der Waals surface area contributed by atoms with Gasteiger partial charge in [-0.1, -0.05) is 13.0 Å². The first kappa shape index (κ1) is 18.9. The van der Waals surface area contributed by atoms with Crippen LogP contribution in [0.3, 0.4) is 0 Å². The fourth-order valence-electron chi connectivity index (χ4n) is 3.58. The Morgan fingerprint density at radius 2 is 1.88 bits per heavy atom. The van der Waals surface area contributed by atoms with Crippen LogP contribution in [0.15, 0.2) is 23.0 Å². The maximum Gasteiger partial charge on any atom is 0.417 e. The van der Waals surface area contributed by atoms with Crippen LogP contribution in [0.2, 0.25) is 0 Å². The Hall–Kier alpha value is -1.86. The maximum absolute atomic E-state index is 13.7. The molecule has 1 fully saturated rings. The molecule has 1 aromatic heterocycles. The summed E-state index contributed by atoms with van der Waals surface area (Å²) in [6, 6.07) is 5.03. The molecule has 1 saturated heterocycles. The smallest absolute Gasteiger partial charge is 0.379 e. The zero-order valence-corrected chi connectivity index (χ0v) is 15.0. The summed E-state index contributed by atoms with van der Waals surface area (Å²) in [6.45, 7) is 5.43. The van der Waals surface area contributed by atoms with Gasteiger partial charge in [0, 0.05) is 37.6 Å². The Morgan fingerprint density at radius 1 is 1.19 bits per heavy atom. The Morgan fingerprint density at radius 3 is 2.50 bits per heavy atom. The van der Waals surface area contributed by atoms with E-state index < -0.39 is 17.3 Å². The zero-order valence-electron chi connectivity index (χ0n) is 15.0. The molecule has 0 unspecified atom stereocenters. The molecule has 4 nitrogen and oxygen atoms in total. The highest BCUT2D eigenvalue weighted by Gasteiger charge is 2.37. The van der Waals surface area contributed by atoms with E-state index in [2.05, 4.69) is 4.90 Å². The second kappa shape index (κ2) is 7.40. The van der Waals surface area contributed by atoms with E-state index in [0.29, 0.717) is 25.2 Å². The van der Waals surface area contributed by atoms with Gasteiger partial charge in [0.05, 0.1) is 24.3 Å². The minimum atomic E-state index is -4.56. The van der Waals surface area contributed by atoms with Crippen LogP contribution >= 0.6 is 0 Å². The summed E-state index contributed by atoms with van der Waals surface area (Å²) >= 11 is 0. The number of nitrogens with zero attached hydrogens (tertiary/aromatic N) is 2. The van der Waals surface area contributed by atoms with Crippen LogP contribution in [0.5, 0.6) is 0 Å². The largest absolute Gasteiger partial charge is 0.417 e. The maximum atomic E-state index is 13.7. The number of aromatic nitrogens is 1. The number of hydrogen-bond donors (Lipinski definition) is 0. The number of halogens is 3. The van der Waals surface area contributed by atoms with Crippen molar-refractivity contribution < 1.29 is 17.9 Å². The quantitative estimate of drug-likeness (QED) is 0.832. The van der Waals surface area contributed by atoms with Gasteiger partial charge in [-0.05, 0) is 30.5 Å². The molecule has 0 aliphatic carbocycles. The third-order valence-corrected chi connectivity index (χ3v) is 5.01. The summed E-state index contributed by atoms with van der Waals surface area (Å²) in [5.74, 6) is 0. The lowest BCUT2D eigenvalue weighted by atomic mass is 9.98. The zero-order chi connectivity index (χ0) is 18.9. The van der Waals surface area contributed by atoms with E-state index in [0.717, 1.165) is 25.2 Å². The van der Waals surface area contributed by atoms with Gasteiger partial charge in [0.2, 0.25) is 0 Å². The lowest BCUT2D eigenvalue weighted by molar-refractivity contribution is -0.137. The van der Waals surface area contributed by atoms with Crippen molar-refractivity contribution >= 4 is 10.9 Å². The Balaban J connectivity index is 2.04. The molecular formula is C19H23F3N2O2. The first-order valence-electron chi connectivity index (χ1n) is 8.84. The van der Waals surface area contributed by atoms with E-state index in [4.69, 9.17) is 4.74 Å². The van der Waals surface area contributed by atoms with Gasteiger partial charge >= 0.3 is 6.18 Å². The number of hydrogen-bond acceptors (Lipinski definition) is 3. The van der Waals surface area contributed by atoms with E-state index >= 15 is 0 Å². The molecule has 0 bridgehead atoms. The average molecular weight is 368 g/mol.